The molecular formula is C16H12F3N3O3S. The summed E-state index contributed by atoms with van der Waals surface area (Å²) in [6.45, 7) is 0. The van der Waals surface area contributed by atoms with Gasteiger partial charge in [0.05, 0.1) is 16.0 Å². The Morgan fingerprint density at radius 3 is 2.38 bits per heavy atom. The number of rotatable bonds is 4. The number of aromatic amines is 1. The number of aromatic nitrogens is 1. The smallest absolute Gasteiger partial charge is 0.360 e. The van der Waals surface area contributed by atoms with Crippen LogP contribution in [-0.2, 0) is 16.2 Å². The molecule has 3 aromatic rings. The number of para-hydroxylation sites is 1. The zero-order valence-electron chi connectivity index (χ0n) is 13.0. The van der Waals surface area contributed by atoms with Crippen molar-refractivity contribution in [2.75, 3.05) is 0 Å². The molecule has 1 amide bonds. The number of carbonyl (C=O) groups excluding carboxylic acids is 1. The molecule has 10 heteroatoms. The van der Waals surface area contributed by atoms with Gasteiger partial charge in [-0.25, -0.2) is 8.42 Å². The largest absolute Gasteiger partial charge is 0.417 e. The highest BCUT2D eigenvalue weighted by Gasteiger charge is 2.37. The van der Waals surface area contributed by atoms with Crippen LogP contribution in [0.1, 0.15) is 15.9 Å². The molecule has 6 nitrogen and oxygen atoms in total. The third-order valence-corrected chi connectivity index (χ3v) is 4.92. The number of amides is 1. The van der Waals surface area contributed by atoms with Crippen molar-refractivity contribution in [1.29, 1.82) is 0 Å². The number of fused-ring (bicyclic) bond motifs is 1. The first-order chi connectivity index (χ1) is 12.2. The Bertz CT molecular complexity index is 1070. The summed E-state index contributed by atoms with van der Waals surface area (Å²) in [6, 6.07) is 10.5. The molecule has 1 aromatic heterocycles. The van der Waals surface area contributed by atoms with Crippen LogP contribution < -0.4 is 10.3 Å². The second-order valence-corrected chi connectivity index (χ2v) is 6.95. The molecule has 0 aliphatic carbocycles. The summed E-state index contributed by atoms with van der Waals surface area (Å²) in [5, 5.41) is 0.542. The van der Waals surface area contributed by atoms with Crippen LogP contribution >= 0.6 is 0 Å². The van der Waals surface area contributed by atoms with Crippen molar-refractivity contribution < 1.29 is 26.4 Å². The van der Waals surface area contributed by atoms with Crippen molar-refractivity contribution in [3.05, 3.63) is 65.9 Å². The molecule has 1 heterocycles. The lowest BCUT2D eigenvalue weighted by molar-refractivity contribution is -0.139. The average molecular weight is 383 g/mol. The van der Waals surface area contributed by atoms with Gasteiger partial charge in [0.2, 0.25) is 0 Å². The first kappa shape index (κ1) is 18.0. The van der Waals surface area contributed by atoms with E-state index in [1.165, 1.54) is 6.20 Å². The molecule has 0 unspecified atom stereocenters. The molecule has 2 aromatic carbocycles. The SMILES string of the molecule is O=C(NNS(=O)(=O)c1ccccc1C(F)(F)F)c1c[nH]c2ccccc12. The first-order valence-corrected chi connectivity index (χ1v) is 8.73. The van der Waals surface area contributed by atoms with Gasteiger partial charge in [-0.05, 0) is 18.2 Å². The molecule has 0 saturated heterocycles. The molecule has 0 spiro atoms. The Morgan fingerprint density at radius 2 is 1.65 bits per heavy atom. The van der Waals surface area contributed by atoms with Crippen LogP contribution in [0, 0.1) is 0 Å². The van der Waals surface area contributed by atoms with E-state index in [1.54, 1.807) is 29.1 Å². The Morgan fingerprint density at radius 1 is 1.00 bits per heavy atom. The Hall–Kier alpha value is -2.85. The highest BCUT2D eigenvalue weighted by Crippen LogP contribution is 2.33. The van der Waals surface area contributed by atoms with Crippen LogP contribution in [0.4, 0.5) is 13.2 Å². The monoisotopic (exact) mass is 383 g/mol. The maximum absolute atomic E-state index is 13.0. The van der Waals surface area contributed by atoms with Crippen LogP contribution in [0.15, 0.2) is 59.6 Å². The number of nitrogens with one attached hydrogen (secondary N) is 3. The summed E-state index contributed by atoms with van der Waals surface area (Å²) in [4.78, 5) is 15.8. The number of sulfonamides is 1. The fourth-order valence-electron chi connectivity index (χ4n) is 2.43. The molecular weight excluding hydrogens is 371 g/mol. The Labute approximate surface area is 146 Å². The zero-order chi connectivity index (χ0) is 18.9. The Balaban J connectivity index is 1.84. The van der Waals surface area contributed by atoms with Gasteiger partial charge in [0.25, 0.3) is 15.9 Å². The average Bonchev–Trinajstić information content (AvgIpc) is 3.03. The van der Waals surface area contributed by atoms with Gasteiger partial charge in [-0.3, -0.25) is 10.2 Å². The number of H-pyrrole nitrogens is 1. The molecule has 0 bridgehead atoms. The van der Waals surface area contributed by atoms with E-state index in [4.69, 9.17) is 0 Å². The van der Waals surface area contributed by atoms with Crippen molar-refractivity contribution in [1.82, 2.24) is 15.2 Å². The van der Waals surface area contributed by atoms with Gasteiger partial charge in [-0.2, -0.15) is 13.2 Å². The van der Waals surface area contributed by atoms with E-state index in [-0.39, 0.29) is 5.56 Å². The first-order valence-electron chi connectivity index (χ1n) is 7.24. The molecule has 0 saturated carbocycles. The molecule has 0 atom stereocenters. The van der Waals surface area contributed by atoms with Crippen LogP contribution in [0.25, 0.3) is 10.9 Å². The predicted molar refractivity (Wildman–Crippen MR) is 87.5 cm³/mol. The number of carbonyl (C=O) groups is 1. The third kappa shape index (κ3) is 3.41. The molecule has 26 heavy (non-hydrogen) atoms. The van der Waals surface area contributed by atoms with Crippen molar-refractivity contribution >= 4 is 26.8 Å². The maximum Gasteiger partial charge on any atom is 0.417 e. The fraction of sp³-hybridized carbons (Fsp3) is 0.0625. The minimum atomic E-state index is -4.85. The van der Waals surface area contributed by atoms with Gasteiger partial charge in [-0.15, -0.1) is 4.83 Å². The van der Waals surface area contributed by atoms with Crippen LogP contribution in [0.5, 0.6) is 0 Å². The molecule has 0 aliphatic rings. The van der Waals surface area contributed by atoms with E-state index in [0.29, 0.717) is 17.0 Å². The number of benzene rings is 2. The summed E-state index contributed by atoms with van der Waals surface area (Å²) < 4.78 is 63.4. The van der Waals surface area contributed by atoms with E-state index in [2.05, 4.69) is 4.98 Å². The van der Waals surface area contributed by atoms with E-state index in [9.17, 15) is 26.4 Å². The molecule has 136 valence electrons. The zero-order valence-corrected chi connectivity index (χ0v) is 13.8. The number of hydrazine groups is 1. The van der Waals surface area contributed by atoms with E-state index >= 15 is 0 Å². The molecule has 3 rings (SSSR count). The highest BCUT2D eigenvalue weighted by molar-refractivity contribution is 7.89. The second-order valence-electron chi connectivity index (χ2n) is 5.30. The van der Waals surface area contributed by atoms with Crippen LogP contribution in [0.2, 0.25) is 0 Å². The lowest BCUT2D eigenvalue weighted by Gasteiger charge is -2.14. The molecule has 0 fully saturated rings. The third-order valence-electron chi connectivity index (χ3n) is 3.61. The van der Waals surface area contributed by atoms with Gasteiger partial charge in [0, 0.05) is 17.1 Å². The summed E-state index contributed by atoms with van der Waals surface area (Å²) in [5.41, 5.74) is 1.41. The van der Waals surface area contributed by atoms with Crippen LogP contribution in [0.3, 0.4) is 0 Å². The minimum absolute atomic E-state index is 0.146. The van der Waals surface area contributed by atoms with Gasteiger partial charge in [-0.1, -0.05) is 30.3 Å². The van der Waals surface area contributed by atoms with Crippen molar-refractivity contribution in [2.45, 2.75) is 11.1 Å². The molecule has 3 N–H and O–H groups in total. The summed E-state index contributed by atoms with van der Waals surface area (Å²) in [6.07, 6.45) is -3.48. The van der Waals surface area contributed by atoms with Crippen molar-refractivity contribution in [3.63, 3.8) is 0 Å². The summed E-state index contributed by atoms with van der Waals surface area (Å²) in [7, 11) is -4.63. The van der Waals surface area contributed by atoms with Crippen molar-refractivity contribution in [3.8, 4) is 0 Å². The Kier molecular flexibility index (Phi) is 4.46. The lowest BCUT2D eigenvalue weighted by Crippen LogP contribution is -2.42. The second kappa shape index (κ2) is 6.46. The van der Waals surface area contributed by atoms with E-state index in [1.807, 2.05) is 5.43 Å². The van der Waals surface area contributed by atoms with Gasteiger partial charge < -0.3 is 4.98 Å². The lowest BCUT2D eigenvalue weighted by atomic mass is 10.2. The number of halogens is 3. The maximum atomic E-state index is 13.0. The van der Waals surface area contributed by atoms with Gasteiger partial charge >= 0.3 is 6.18 Å². The van der Waals surface area contributed by atoms with E-state index in [0.717, 1.165) is 18.2 Å². The topological polar surface area (TPSA) is 91.1 Å². The number of alkyl halides is 3. The normalized spacial score (nSPS) is 12.3. The summed E-state index contributed by atoms with van der Waals surface area (Å²) >= 11 is 0. The number of hydrogen-bond acceptors (Lipinski definition) is 3. The van der Waals surface area contributed by atoms with Gasteiger partial charge in [0.15, 0.2) is 0 Å². The standard InChI is InChI=1S/C16H12F3N3O3S/c17-16(18,19)12-6-2-4-8-14(12)26(24,25)22-21-15(23)11-9-20-13-7-3-1-5-10(11)13/h1-9,20,22H,(H,21,23). The molecule has 0 aliphatic heterocycles. The van der Waals surface area contributed by atoms with E-state index < -0.39 is 32.6 Å². The fourth-order valence-corrected chi connectivity index (χ4v) is 3.50. The summed E-state index contributed by atoms with van der Waals surface area (Å²) in [5.74, 6) is -0.810. The minimum Gasteiger partial charge on any atom is -0.360 e. The van der Waals surface area contributed by atoms with Gasteiger partial charge in [0.1, 0.15) is 0 Å². The number of hydrogen-bond donors (Lipinski definition) is 3. The highest BCUT2D eigenvalue weighted by atomic mass is 32.2. The predicted octanol–water partition coefficient (Wildman–Crippen LogP) is 2.81. The van der Waals surface area contributed by atoms with Crippen LogP contribution in [-0.4, -0.2) is 19.3 Å². The quantitative estimate of drug-likeness (QED) is 0.605. The molecule has 0 radical (unpaired) electrons. The van der Waals surface area contributed by atoms with Crippen molar-refractivity contribution in [2.24, 2.45) is 0 Å².